The van der Waals surface area contributed by atoms with Gasteiger partial charge in [-0.15, -0.1) is 11.8 Å². The van der Waals surface area contributed by atoms with Gasteiger partial charge in [0.1, 0.15) is 23.0 Å². The molecule has 0 spiro atoms. The standard InChI is InChI=1S/C36H28N4O5S2/c1-44-26-15-19-32-29(20-26)39-36(47-32)40-33(41)22-46-28-16-12-25(13-17-28)37-35(43)30(38-34(42)24-10-6-3-7-11-24)21-27-14-18-31(45-27)23-8-4-2-5-9-23/h2-21H,22H2,1H3,(H,37,43)(H,38,42)(H,39,40,41). The molecule has 0 bridgehead atoms. The van der Waals surface area contributed by atoms with Crippen molar-refractivity contribution in [2.24, 2.45) is 0 Å². The minimum absolute atomic E-state index is 0.0104. The number of carbonyl (C=O) groups excluding carboxylic acids is 3. The number of amides is 3. The number of rotatable bonds is 11. The molecule has 0 fully saturated rings. The SMILES string of the molecule is COc1ccc2sc(NC(=O)CSc3ccc(NC(=O)C(=Cc4ccc(-c5ccccc5)o4)NC(=O)c4ccccc4)cc3)nc2c1. The number of methoxy groups -OCH3 is 1. The second-order valence-corrected chi connectivity index (χ2v) is 12.2. The van der Waals surface area contributed by atoms with E-state index in [9.17, 15) is 14.4 Å². The fourth-order valence-corrected chi connectivity index (χ4v) is 6.06. The molecule has 11 heteroatoms. The highest BCUT2D eigenvalue weighted by molar-refractivity contribution is 8.00. The Morgan fingerprint density at radius 2 is 1.62 bits per heavy atom. The lowest BCUT2D eigenvalue weighted by atomic mass is 10.2. The molecule has 0 atom stereocenters. The number of thiazole rings is 1. The number of hydrogen-bond acceptors (Lipinski definition) is 8. The van der Waals surface area contributed by atoms with Crippen molar-refractivity contribution in [3.63, 3.8) is 0 Å². The van der Waals surface area contributed by atoms with E-state index in [0.717, 1.165) is 20.7 Å². The van der Waals surface area contributed by atoms with E-state index in [2.05, 4.69) is 20.9 Å². The zero-order chi connectivity index (χ0) is 32.6. The van der Waals surface area contributed by atoms with Crippen molar-refractivity contribution >= 4 is 67.9 Å². The van der Waals surface area contributed by atoms with Crippen molar-refractivity contribution in [2.45, 2.75) is 4.90 Å². The second-order valence-electron chi connectivity index (χ2n) is 10.1. The summed E-state index contributed by atoms with van der Waals surface area (Å²) in [7, 11) is 1.60. The molecule has 234 valence electrons. The van der Waals surface area contributed by atoms with Gasteiger partial charge < -0.3 is 25.1 Å². The van der Waals surface area contributed by atoms with Gasteiger partial charge in [-0.25, -0.2) is 4.98 Å². The molecule has 6 aromatic rings. The number of hydrogen-bond donors (Lipinski definition) is 3. The minimum atomic E-state index is -0.528. The Hall–Kier alpha value is -5.65. The molecular weight excluding hydrogens is 633 g/mol. The monoisotopic (exact) mass is 660 g/mol. The summed E-state index contributed by atoms with van der Waals surface area (Å²) in [5, 5.41) is 8.92. The summed E-state index contributed by atoms with van der Waals surface area (Å²) < 4.78 is 12.1. The van der Waals surface area contributed by atoms with Gasteiger partial charge in [0.2, 0.25) is 5.91 Å². The quantitative estimate of drug-likeness (QED) is 0.0961. The van der Waals surface area contributed by atoms with Gasteiger partial charge in [0.25, 0.3) is 11.8 Å². The highest BCUT2D eigenvalue weighted by Gasteiger charge is 2.17. The van der Waals surface area contributed by atoms with Gasteiger partial charge in [0, 0.05) is 33.9 Å². The van der Waals surface area contributed by atoms with E-state index in [1.807, 2.05) is 72.8 Å². The average molecular weight is 661 g/mol. The first-order chi connectivity index (χ1) is 22.9. The van der Waals surface area contributed by atoms with Crippen LogP contribution in [0, 0.1) is 0 Å². The van der Waals surface area contributed by atoms with Crippen molar-refractivity contribution in [3.05, 3.63) is 132 Å². The summed E-state index contributed by atoms with van der Waals surface area (Å²) in [5.41, 5.74) is 2.58. The van der Waals surface area contributed by atoms with E-state index >= 15 is 0 Å². The topological polar surface area (TPSA) is 123 Å². The summed E-state index contributed by atoms with van der Waals surface area (Å²) in [5.74, 6) is 0.770. The zero-order valence-electron chi connectivity index (χ0n) is 25.1. The van der Waals surface area contributed by atoms with Crippen molar-refractivity contribution < 1.29 is 23.5 Å². The number of aromatic nitrogens is 1. The van der Waals surface area contributed by atoms with Crippen LogP contribution in [0.3, 0.4) is 0 Å². The average Bonchev–Trinajstić information content (AvgIpc) is 3.74. The molecule has 3 amide bonds. The molecule has 0 aliphatic heterocycles. The summed E-state index contributed by atoms with van der Waals surface area (Å²) in [4.78, 5) is 44.3. The number of anilines is 2. The van der Waals surface area contributed by atoms with Crippen LogP contribution in [0.5, 0.6) is 5.75 Å². The Bertz CT molecular complexity index is 2060. The second kappa shape index (κ2) is 14.6. The number of nitrogens with one attached hydrogen (secondary N) is 3. The molecule has 0 aliphatic carbocycles. The zero-order valence-corrected chi connectivity index (χ0v) is 26.7. The fraction of sp³-hybridized carbons (Fsp3) is 0.0556. The lowest BCUT2D eigenvalue weighted by Crippen LogP contribution is -2.30. The molecule has 0 saturated heterocycles. The summed E-state index contributed by atoms with van der Waals surface area (Å²) in [6.07, 6.45) is 1.49. The first-order valence-corrected chi connectivity index (χ1v) is 16.3. The molecule has 4 aromatic carbocycles. The van der Waals surface area contributed by atoms with Crippen LogP contribution in [0.2, 0.25) is 0 Å². The predicted octanol–water partition coefficient (Wildman–Crippen LogP) is 7.71. The van der Waals surface area contributed by atoms with Gasteiger partial charge in [-0.3, -0.25) is 14.4 Å². The smallest absolute Gasteiger partial charge is 0.272 e. The highest BCUT2D eigenvalue weighted by Crippen LogP contribution is 2.29. The maximum Gasteiger partial charge on any atom is 0.272 e. The third kappa shape index (κ3) is 8.15. The molecule has 0 radical (unpaired) electrons. The van der Waals surface area contributed by atoms with Crippen molar-refractivity contribution in [2.75, 3.05) is 23.5 Å². The first kappa shape index (κ1) is 31.3. The lowest BCUT2D eigenvalue weighted by Gasteiger charge is -2.11. The Balaban J connectivity index is 1.10. The molecular formula is C36H28N4O5S2. The lowest BCUT2D eigenvalue weighted by molar-refractivity contribution is -0.114. The van der Waals surface area contributed by atoms with Gasteiger partial charge in [-0.1, -0.05) is 59.9 Å². The van der Waals surface area contributed by atoms with Crippen LogP contribution in [0.4, 0.5) is 10.8 Å². The predicted molar refractivity (Wildman–Crippen MR) is 187 cm³/mol. The van der Waals surface area contributed by atoms with Gasteiger partial charge in [-0.2, -0.15) is 0 Å². The molecule has 6 rings (SSSR count). The largest absolute Gasteiger partial charge is 0.497 e. The molecule has 2 heterocycles. The van der Waals surface area contributed by atoms with Crippen molar-refractivity contribution in [1.29, 1.82) is 0 Å². The fourth-order valence-electron chi connectivity index (χ4n) is 4.50. The number of nitrogens with zero attached hydrogens (tertiary/aromatic N) is 1. The number of furan rings is 1. The van der Waals surface area contributed by atoms with E-state index in [1.165, 1.54) is 29.2 Å². The number of carbonyl (C=O) groups is 3. The van der Waals surface area contributed by atoms with Crippen LogP contribution in [0.15, 0.2) is 130 Å². The Labute approximate surface area is 278 Å². The van der Waals surface area contributed by atoms with E-state index in [1.54, 1.807) is 49.6 Å². The maximum atomic E-state index is 13.4. The molecule has 3 N–H and O–H groups in total. The first-order valence-electron chi connectivity index (χ1n) is 14.5. The van der Waals surface area contributed by atoms with E-state index in [4.69, 9.17) is 9.15 Å². The highest BCUT2D eigenvalue weighted by atomic mass is 32.2. The van der Waals surface area contributed by atoms with Crippen molar-refractivity contribution in [1.82, 2.24) is 10.3 Å². The number of fused-ring (bicyclic) bond motifs is 1. The number of thioether (sulfide) groups is 1. The van der Waals surface area contributed by atoms with E-state index < -0.39 is 11.8 Å². The third-order valence-electron chi connectivity index (χ3n) is 6.82. The Morgan fingerprint density at radius 3 is 2.36 bits per heavy atom. The van der Waals surface area contributed by atoms with Gasteiger partial charge in [-0.05, 0) is 60.7 Å². The molecule has 0 aliphatic rings. The Morgan fingerprint density at radius 1 is 0.872 bits per heavy atom. The van der Waals surface area contributed by atoms with Crippen LogP contribution in [0.1, 0.15) is 16.1 Å². The minimum Gasteiger partial charge on any atom is -0.497 e. The summed E-state index contributed by atoms with van der Waals surface area (Å²) in [6, 6.07) is 34.4. The molecule has 2 aromatic heterocycles. The van der Waals surface area contributed by atoms with Crippen molar-refractivity contribution in [3.8, 4) is 17.1 Å². The van der Waals surface area contributed by atoms with Crippen LogP contribution in [-0.4, -0.2) is 35.6 Å². The Kier molecular flexibility index (Phi) is 9.75. The van der Waals surface area contributed by atoms with Gasteiger partial charge in [0.05, 0.1) is 23.1 Å². The summed E-state index contributed by atoms with van der Waals surface area (Å²) >= 11 is 2.75. The molecule has 0 saturated carbocycles. The van der Waals surface area contributed by atoms with Crippen LogP contribution in [0.25, 0.3) is 27.6 Å². The van der Waals surface area contributed by atoms with E-state index in [0.29, 0.717) is 33.7 Å². The number of benzene rings is 4. The van der Waals surface area contributed by atoms with Gasteiger partial charge >= 0.3 is 0 Å². The molecule has 0 unspecified atom stereocenters. The van der Waals surface area contributed by atoms with Crippen LogP contribution < -0.4 is 20.7 Å². The maximum absolute atomic E-state index is 13.4. The van der Waals surface area contributed by atoms with Crippen LogP contribution in [-0.2, 0) is 9.59 Å². The molecule has 9 nitrogen and oxygen atoms in total. The third-order valence-corrected chi connectivity index (χ3v) is 8.79. The van der Waals surface area contributed by atoms with E-state index in [-0.39, 0.29) is 17.4 Å². The van der Waals surface area contributed by atoms with Crippen LogP contribution >= 0.6 is 23.1 Å². The normalized spacial score (nSPS) is 11.2. The molecule has 47 heavy (non-hydrogen) atoms. The summed E-state index contributed by atoms with van der Waals surface area (Å²) in [6.45, 7) is 0. The number of ether oxygens (including phenoxy) is 1. The van der Waals surface area contributed by atoms with Gasteiger partial charge in [0.15, 0.2) is 5.13 Å².